The number of methoxy groups -OCH3 is 1. The third-order valence-corrected chi connectivity index (χ3v) is 4.63. The second kappa shape index (κ2) is 11.5. The van der Waals surface area contributed by atoms with E-state index in [1.165, 1.54) is 0 Å². The van der Waals surface area contributed by atoms with Gasteiger partial charge in [-0.2, -0.15) is 5.10 Å². The van der Waals surface area contributed by atoms with E-state index in [1.807, 2.05) is 24.3 Å². The molecule has 9 heteroatoms. The third-order valence-electron chi connectivity index (χ3n) is 4.63. The first kappa shape index (κ1) is 22.8. The number of rotatable bonds is 11. The number of amides is 2. The molecule has 0 unspecified atom stereocenters. The Bertz CT molecular complexity index is 1020. The molecule has 1 heterocycles. The van der Waals surface area contributed by atoms with Crippen molar-refractivity contribution in [1.82, 2.24) is 25.8 Å². The summed E-state index contributed by atoms with van der Waals surface area (Å²) in [5, 5.41) is 12.3. The summed E-state index contributed by atoms with van der Waals surface area (Å²) < 4.78 is 10.7. The molecule has 32 heavy (non-hydrogen) atoms. The predicted molar refractivity (Wildman–Crippen MR) is 119 cm³/mol. The Kier molecular flexibility index (Phi) is 8.19. The predicted octanol–water partition coefficient (Wildman–Crippen LogP) is 2.71. The van der Waals surface area contributed by atoms with Gasteiger partial charge in [-0.05, 0) is 55.0 Å². The van der Waals surface area contributed by atoms with Crippen LogP contribution < -0.4 is 20.1 Å². The summed E-state index contributed by atoms with van der Waals surface area (Å²) in [6.07, 6.45) is 2.04. The fourth-order valence-corrected chi connectivity index (χ4v) is 2.79. The van der Waals surface area contributed by atoms with Gasteiger partial charge in [-0.25, -0.2) is 4.98 Å². The van der Waals surface area contributed by atoms with Crippen molar-refractivity contribution in [1.29, 1.82) is 0 Å². The molecule has 0 spiro atoms. The molecular weight excluding hydrogens is 410 g/mol. The first-order chi connectivity index (χ1) is 15.6. The van der Waals surface area contributed by atoms with Crippen molar-refractivity contribution in [2.45, 2.75) is 26.3 Å². The van der Waals surface area contributed by atoms with Gasteiger partial charge in [0.25, 0.3) is 5.91 Å². The Morgan fingerprint density at radius 1 is 1.00 bits per heavy atom. The number of ether oxygens (including phenoxy) is 2. The number of hydrogen-bond acceptors (Lipinski definition) is 6. The molecule has 2 amide bonds. The van der Waals surface area contributed by atoms with Crippen LogP contribution in [0.15, 0.2) is 48.5 Å². The highest BCUT2D eigenvalue weighted by Crippen LogP contribution is 2.18. The lowest BCUT2D eigenvalue weighted by atomic mass is 10.2. The van der Waals surface area contributed by atoms with E-state index >= 15 is 0 Å². The maximum atomic E-state index is 12.2. The van der Waals surface area contributed by atoms with Gasteiger partial charge in [0.15, 0.2) is 5.82 Å². The van der Waals surface area contributed by atoms with Crippen LogP contribution in [0.2, 0.25) is 0 Å². The zero-order valence-corrected chi connectivity index (χ0v) is 18.2. The Labute approximate surface area is 186 Å². The van der Waals surface area contributed by atoms with E-state index in [2.05, 4.69) is 32.7 Å². The topological polar surface area (TPSA) is 118 Å². The highest BCUT2D eigenvalue weighted by atomic mass is 16.5. The first-order valence-corrected chi connectivity index (χ1v) is 10.4. The Balaban J connectivity index is 1.42. The molecule has 0 bridgehead atoms. The van der Waals surface area contributed by atoms with Crippen molar-refractivity contribution in [3.8, 4) is 22.9 Å². The minimum atomic E-state index is -0.333. The summed E-state index contributed by atoms with van der Waals surface area (Å²) in [6, 6.07) is 14.2. The molecule has 0 fully saturated rings. The summed E-state index contributed by atoms with van der Waals surface area (Å²) >= 11 is 0. The number of carbonyl (C=O) groups excluding carboxylic acids is 2. The zero-order valence-electron chi connectivity index (χ0n) is 18.2. The van der Waals surface area contributed by atoms with Crippen molar-refractivity contribution in [2.75, 3.05) is 20.3 Å². The minimum absolute atomic E-state index is 0.146. The molecule has 3 rings (SSSR count). The molecule has 0 saturated heterocycles. The van der Waals surface area contributed by atoms with E-state index < -0.39 is 0 Å². The average molecular weight is 438 g/mol. The van der Waals surface area contributed by atoms with E-state index in [-0.39, 0.29) is 24.9 Å². The van der Waals surface area contributed by atoms with Gasteiger partial charge in [-0.1, -0.05) is 13.3 Å². The van der Waals surface area contributed by atoms with Gasteiger partial charge in [0, 0.05) is 11.1 Å². The summed E-state index contributed by atoms with van der Waals surface area (Å²) in [5.74, 6) is 1.83. The van der Waals surface area contributed by atoms with E-state index in [9.17, 15) is 9.59 Å². The zero-order chi connectivity index (χ0) is 22.8. The number of carbonyl (C=O) groups is 2. The Morgan fingerprint density at radius 3 is 2.41 bits per heavy atom. The lowest BCUT2D eigenvalue weighted by Gasteiger charge is -2.08. The SMILES string of the molecule is CCCCOc1ccc(C(=O)NCC(=O)NCc2nc(-c3ccc(OC)cc3)n[nH]2)cc1. The van der Waals surface area contributed by atoms with Crippen LogP contribution in [0.25, 0.3) is 11.4 Å². The smallest absolute Gasteiger partial charge is 0.251 e. The third kappa shape index (κ3) is 6.56. The number of unbranched alkanes of at least 4 members (excludes halogenated alkanes) is 1. The second-order valence-corrected chi connectivity index (χ2v) is 7.02. The number of benzene rings is 2. The van der Waals surface area contributed by atoms with Gasteiger partial charge < -0.3 is 20.1 Å². The number of hydrogen-bond donors (Lipinski definition) is 3. The monoisotopic (exact) mass is 437 g/mol. The number of H-pyrrole nitrogens is 1. The van der Waals surface area contributed by atoms with Gasteiger partial charge in [0.05, 0.1) is 26.8 Å². The van der Waals surface area contributed by atoms with E-state index in [1.54, 1.807) is 31.4 Å². The highest BCUT2D eigenvalue weighted by molar-refractivity contribution is 5.96. The Morgan fingerprint density at radius 2 is 1.72 bits per heavy atom. The van der Waals surface area contributed by atoms with Crippen LogP contribution >= 0.6 is 0 Å². The molecule has 1 aromatic heterocycles. The molecule has 0 atom stereocenters. The van der Waals surface area contributed by atoms with Crippen LogP contribution in [0.1, 0.15) is 35.9 Å². The number of aromatic amines is 1. The molecule has 0 aliphatic heterocycles. The van der Waals surface area contributed by atoms with E-state index in [4.69, 9.17) is 9.47 Å². The van der Waals surface area contributed by atoms with E-state index in [0.717, 1.165) is 24.2 Å². The van der Waals surface area contributed by atoms with Crippen molar-refractivity contribution in [2.24, 2.45) is 0 Å². The fourth-order valence-electron chi connectivity index (χ4n) is 2.79. The number of nitrogens with zero attached hydrogens (tertiary/aromatic N) is 2. The summed E-state index contributed by atoms with van der Waals surface area (Å²) in [7, 11) is 1.60. The second-order valence-electron chi connectivity index (χ2n) is 7.02. The molecule has 0 aliphatic carbocycles. The summed E-state index contributed by atoms with van der Waals surface area (Å²) in [5.41, 5.74) is 1.29. The molecule has 3 N–H and O–H groups in total. The summed E-state index contributed by atoms with van der Waals surface area (Å²) in [4.78, 5) is 28.7. The van der Waals surface area contributed by atoms with Gasteiger partial charge in [-0.3, -0.25) is 14.7 Å². The molecule has 2 aromatic carbocycles. The molecule has 9 nitrogen and oxygen atoms in total. The lowest BCUT2D eigenvalue weighted by Crippen LogP contribution is -2.36. The van der Waals surface area contributed by atoms with Gasteiger partial charge in [0.1, 0.15) is 17.3 Å². The maximum absolute atomic E-state index is 12.2. The van der Waals surface area contributed by atoms with Crippen LogP contribution in [0.3, 0.4) is 0 Å². The molecule has 0 saturated carbocycles. The maximum Gasteiger partial charge on any atom is 0.251 e. The van der Waals surface area contributed by atoms with Crippen LogP contribution in [0.5, 0.6) is 11.5 Å². The first-order valence-electron chi connectivity index (χ1n) is 10.4. The molecular formula is C23H27N5O4. The van der Waals surface area contributed by atoms with Gasteiger partial charge >= 0.3 is 0 Å². The number of nitrogens with one attached hydrogen (secondary N) is 3. The van der Waals surface area contributed by atoms with Gasteiger partial charge in [-0.15, -0.1) is 0 Å². The van der Waals surface area contributed by atoms with Crippen LogP contribution in [-0.2, 0) is 11.3 Å². The van der Waals surface area contributed by atoms with Crippen LogP contribution in [0.4, 0.5) is 0 Å². The van der Waals surface area contributed by atoms with Crippen molar-refractivity contribution < 1.29 is 19.1 Å². The van der Waals surface area contributed by atoms with Crippen molar-refractivity contribution >= 4 is 11.8 Å². The molecule has 168 valence electrons. The van der Waals surface area contributed by atoms with Crippen molar-refractivity contribution in [3.63, 3.8) is 0 Å². The molecule has 3 aromatic rings. The average Bonchev–Trinajstić information content (AvgIpc) is 3.31. The number of aromatic nitrogens is 3. The summed E-state index contributed by atoms with van der Waals surface area (Å²) in [6.45, 7) is 2.77. The standard InChI is InChI=1S/C23H27N5O4/c1-3-4-13-32-19-11-7-17(8-12-19)23(30)25-15-21(29)24-14-20-26-22(28-27-20)16-5-9-18(31-2)10-6-16/h5-12H,3-4,13-15H2,1-2H3,(H,24,29)(H,25,30)(H,26,27,28). The lowest BCUT2D eigenvalue weighted by molar-refractivity contribution is -0.120. The van der Waals surface area contributed by atoms with Crippen LogP contribution in [0, 0.1) is 0 Å². The largest absolute Gasteiger partial charge is 0.497 e. The highest BCUT2D eigenvalue weighted by Gasteiger charge is 2.10. The minimum Gasteiger partial charge on any atom is -0.497 e. The normalized spacial score (nSPS) is 10.4. The molecule has 0 radical (unpaired) electrons. The van der Waals surface area contributed by atoms with Crippen LogP contribution in [-0.4, -0.2) is 47.3 Å². The molecule has 0 aliphatic rings. The van der Waals surface area contributed by atoms with E-state index in [0.29, 0.717) is 29.6 Å². The fraction of sp³-hybridized carbons (Fsp3) is 0.304. The van der Waals surface area contributed by atoms with Crippen molar-refractivity contribution in [3.05, 3.63) is 59.9 Å². The van der Waals surface area contributed by atoms with Gasteiger partial charge in [0.2, 0.25) is 5.91 Å². The Hall–Kier alpha value is -3.88. The quantitative estimate of drug-likeness (QED) is 0.397.